The number of nitrogens with one attached hydrogen (secondary N) is 1. The van der Waals surface area contributed by atoms with Crippen LogP contribution in [0.1, 0.15) is 13.8 Å². The van der Waals surface area contributed by atoms with Crippen molar-refractivity contribution in [2.75, 3.05) is 0 Å². The first-order valence-corrected chi connectivity index (χ1v) is 5.84. The second-order valence-electron chi connectivity index (χ2n) is 4.59. The van der Waals surface area contributed by atoms with Crippen LogP contribution in [0.25, 0.3) is 11.2 Å². The molecule has 0 aliphatic rings. The maximum absolute atomic E-state index is 12.3. The maximum atomic E-state index is 12.3. The van der Waals surface area contributed by atoms with Gasteiger partial charge in [0.1, 0.15) is 5.52 Å². The fourth-order valence-electron chi connectivity index (χ4n) is 1.93. The minimum Gasteiger partial charge on any atom is -0.339 e. The number of allylic oxidation sites excluding steroid dienone is 1. The summed E-state index contributed by atoms with van der Waals surface area (Å²) >= 11 is 0. The van der Waals surface area contributed by atoms with Crippen molar-refractivity contribution in [2.24, 2.45) is 5.92 Å². The van der Waals surface area contributed by atoms with Crippen molar-refractivity contribution >= 4 is 11.2 Å². The molecule has 0 aliphatic heterocycles. The van der Waals surface area contributed by atoms with Crippen LogP contribution in [-0.4, -0.2) is 19.1 Å². The van der Waals surface area contributed by atoms with E-state index in [-0.39, 0.29) is 23.7 Å². The molecule has 0 aliphatic carbocycles. The third kappa shape index (κ3) is 1.90. The molecule has 0 amide bonds. The summed E-state index contributed by atoms with van der Waals surface area (Å²) in [6.07, 6.45) is 2.96. The molecule has 2 heterocycles. The summed E-state index contributed by atoms with van der Waals surface area (Å²) in [5.41, 5.74) is 0.0803. The summed E-state index contributed by atoms with van der Waals surface area (Å²) in [7, 11) is 0. The van der Waals surface area contributed by atoms with Gasteiger partial charge in [0, 0.05) is 13.1 Å². The minimum atomic E-state index is -0.354. The van der Waals surface area contributed by atoms with Gasteiger partial charge in [0.2, 0.25) is 0 Å². The Bertz CT molecular complexity index is 690. The van der Waals surface area contributed by atoms with E-state index in [0.29, 0.717) is 17.7 Å². The lowest BCUT2D eigenvalue weighted by Crippen LogP contribution is -2.40. The first kappa shape index (κ1) is 12.3. The number of imidazole rings is 1. The summed E-state index contributed by atoms with van der Waals surface area (Å²) in [6.45, 7) is 8.30. The van der Waals surface area contributed by atoms with Crippen molar-refractivity contribution in [3.05, 3.63) is 39.8 Å². The third-order valence-electron chi connectivity index (χ3n) is 2.66. The molecule has 2 rings (SSSR count). The van der Waals surface area contributed by atoms with Gasteiger partial charge in [0.05, 0.1) is 6.33 Å². The SMILES string of the molecule is C=CCn1c(=O)c2[nH]cnc2n(CC(C)C)c1=O. The maximum Gasteiger partial charge on any atom is 0.333 e. The quantitative estimate of drug-likeness (QED) is 0.811. The Labute approximate surface area is 104 Å². The van der Waals surface area contributed by atoms with E-state index in [2.05, 4.69) is 16.5 Å². The van der Waals surface area contributed by atoms with Crippen LogP contribution in [0.5, 0.6) is 0 Å². The van der Waals surface area contributed by atoms with E-state index < -0.39 is 0 Å². The number of aromatic nitrogens is 4. The van der Waals surface area contributed by atoms with Gasteiger partial charge < -0.3 is 4.98 Å². The molecule has 0 bridgehead atoms. The Morgan fingerprint density at radius 3 is 2.78 bits per heavy atom. The number of H-pyrrole nitrogens is 1. The van der Waals surface area contributed by atoms with Gasteiger partial charge in [-0.3, -0.25) is 13.9 Å². The van der Waals surface area contributed by atoms with Gasteiger partial charge in [-0.05, 0) is 5.92 Å². The summed E-state index contributed by atoms with van der Waals surface area (Å²) < 4.78 is 2.69. The molecule has 6 heteroatoms. The number of aromatic amines is 1. The molecule has 0 atom stereocenters. The molecule has 0 unspecified atom stereocenters. The molecule has 6 nitrogen and oxygen atoms in total. The average Bonchev–Trinajstić information content (AvgIpc) is 2.79. The van der Waals surface area contributed by atoms with E-state index in [4.69, 9.17) is 0 Å². The summed E-state index contributed by atoms with van der Waals surface area (Å²) in [6, 6.07) is 0. The van der Waals surface area contributed by atoms with Crippen molar-refractivity contribution in [1.29, 1.82) is 0 Å². The number of fused-ring (bicyclic) bond motifs is 1. The Balaban J connectivity index is 2.82. The van der Waals surface area contributed by atoms with Gasteiger partial charge in [-0.15, -0.1) is 6.58 Å². The lowest BCUT2D eigenvalue weighted by molar-refractivity contribution is 0.495. The second kappa shape index (κ2) is 4.64. The summed E-state index contributed by atoms with van der Waals surface area (Å²) in [5.74, 6) is 0.289. The predicted octanol–water partition coefficient (Wildman–Crippen LogP) is 0.728. The third-order valence-corrected chi connectivity index (χ3v) is 2.66. The fourth-order valence-corrected chi connectivity index (χ4v) is 1.93. The van der Waals surface area contributed by atoms with Crippen molar-refractivity contribution in [1.82, 2.24) is 19.1 Å². The zero-order valence-electron chi connectivity index (χ0n) is 10.5. The molecular formula is C12H16N4O2. The monoisotopic (exact) mass is 248 g/mol. The van der Waals surface area contributed by atoms with E-state index in [1.807, 2.05) is 13.8 Å². The highest BCUT2D eigenvalue weighted by atomic mass is 16.2. The van der Waals surface area contributed by atoms with Crippen molar-refractivity contribution in [3.63, 3.8) is 0 Å². The van der Waals surface area contributed by atoms with Crippen LogP contribution in [0.15, 0.2) is 28.6 Å². The normalized spacial score (nSPS) is 11.3. The smallest absolute Gasteiger partial charge is 0.333 e. The highest BCUT2D eigenvalue weighted by molar-refractivity contribution is 5.68. The van der Waals surface area contributed by atoms with Crippen LogP contribution in [0.3, 0.4) is 0 Å². The lowest BCUT2D eigenvalue weighted by Gasteiger charge is -2.11. The number of hydrogen-bond acceptors (Lipinski definition) is 3. The van der Waals surface area contributed by atoms with E-state index >= 15 is 0 Å². The largest absolute Gasteiger partial charge is 0.339 e. The number of hydrogen-bond donors (Lipinski definition) is 1. The average molecular weight is 248 g/mol. The van der Waals surface area contributed by atoms with Crippen LogP contribution in [0, 0.1) is 5.92 Å². The lowest BCUT2D eigenvalue weighted by atomic mass is 10.2. The van der Waals surface area contributed by atoms with Gasteiger partial charge in [0.15, 0.2) is 5.65 Å². The minimum absolute atomic E-state index is 0.199. The first-order chi connectivity index (χ1) is 8.56. The Hall–Kier alpha value is -2.11. The van der Waals surface area contributed by atoms with Crippen LogP contribution in [-0.2, 0) is 13.1 Å². The molecule has 0 fully saturated rings. The Morgan fingerprint density at radius 2 is 2.17 bits per heavy atom. The second-order valence-corrected chi connectivity index (χ2v) is 4.59. The van der Waals surface area contributed by atoms with Crippen molar-refractivity contribution < 1.29 is 0 Å². The van der Waals surface area contributed by atoms with Gasteiger partial charge in [-0.1, -0.05) is 19.9 Å². The van der Waals surface area contributed by atoms with Crippen LogP contribution >= 0.6 is 0 Å². The highest BCUT2D eigenvalue weighted by Crippen LogP contribution is 2.04. The van der Waals surface area contributed by atoms with Gasteiger partial charge in [0.25, 0.3) is 5.56 Å². The molecule has 0 saturated heterocycles. The fraction of sp³-hybridized carbons (Fsp3) is 0.417. The van der Waals surface area contributed by atoms with Gasteiger partial charge in [-0.2, -0.15) is 0 Å². The molecule has 2 aromatic heterocycles. The van der Waals surface area contributed by atoms with Gasteiger partial charge >= 0.3 is 5.69 Å². The van der Waals surface area contributed by atoms with Crippen molar-refractivity contribution in [2.45, 2.75) is 26.9 Å². The molecule has 96 valence electrons. The Kier molecular flexibility index (Phi) is 3.18. The predicted molar refractivity (Wildman–Crippen MR) is 69.6 cm³/mol. The zero-order chi connectivity index (χ0) is 13.3. The molecule has 0 aromatic carbocycles. The molecule has 1 N–H and O–H groups in total. The first-order valence-electron chi connectivity index (χ1n) is 5.84. The van der Waals surface area contributed by atoms with E-state index in [1.165, 1.54) is 17.0 Å². The zero-order valence-corrected chi connectivity index (χ0v) is 10.5. The Morgan fingerprint density at radius 1 is 1.44 bits per heavy atom. The van der Waals surface area contributed by atoms with E-state index in [9.17, 15) is 9.59 Å². The number of nitrogens with zero attached hydrogens (tertiary/aromatic N) is 3. The molecule has 0 saturated carbocycles. The van der Waals surface area contributed by atoms with Crippen LogP contribution in [0.2, 0.25) is 0 Å². The molecular weight excluding hydrogens is 232 g/mol. The molecule has 18 heavy (non-hydrogen) atoms. The molecule has 2 aromatic rings. The topological polar surface area (TPSA) is 72.7 Å². The van der Waals surface area contributed by atoms with Gasteiger partial charge in [-0.25, -0.2) is 9.78 Å². The molecule has 0 spiro atoms. The standard InChI is InChI=1S/C12H16N4O2/c1-4-5-15-11(17)9-10(14-7-13-9)16(12(15)18)6-8(2)3/h4,7-8H,1,5-6H2,2-3H3,(H,13,14). The number of rotatable bonds is 4. The molecule has 0 radical (unpaired) electrons. The highest BCUT2D eigenvalue weighted by Gasteiger charge is 2.14. The van der Waals surface area contributed by atoms with E-state index in [1.54, 1.807) is 0 Å². The summed E-state index contributed by atoms with van der Waals surface area (Å²) in [5, 5.41) is 0. The van der Waals surface area contributed by atoms with Crippen molar-refractivity contribution in [3.8, 4) is 0 Å². The van der Waals surface area contributed by atoms with E-state index in [0.717, 1.165) is 4.57 Å². The van der Waals surface area contributed by atoms with Crippen LogP contribution in [0.4, 0.5) is 0 Å². The summed E-state index contributed by atoms with van der Waals surface area (Å²) in [4.78, 5) is 31.2. The van der Waals surface area contributed by atoms with Crippen LogP contribution < -0.4 is 11.2 Å².